The van der Waals surface area contributed by atoms with Gasteiger partial charge >= 0.3 is 0 Å². The summed E-state index contributed by atoms with van der Waals surface area (Å²) in [5, 5.41) is -0.384. The number of fused-ring (bicyclic) bond motifs is 1. The van der Waals surface area contributed by atoms with Gasteiger partial charge in [-0.05, 0) is 44.7 Å². The van der Waals surface area contributed by atoms with Gasteiger partial charge in [0.15, 0.2) is 9.84 Å². The van der Waals surface area contributed by atoms with Crippen LogP contribution in [0.4, 0.5) is 0 Å². The van der Waals surface area contributed by atoms with Crippen LogP contribution >= 0.6 is 0 Å². The van der Waals surface area contributed by atoms with Crippen molar-refractivity contribution < 1.29 is 8.42 Å². The van der Waals surface area contributed by atoms with Gasteiger partial charge in [0.05, 0.1) is 10.1 Å². The minimum absolute atomic E-state index is 0.0965. The molecule has 1 aromatic rings. The third-order valence-electron chi connectivity index (χ3n) is 4.82. The average molecular weight is 288 g/mol. The number of allylic oxidation sites excluding steroid dienone is 2. The van der Waals surface area contributed by atoms with Crippen LogP contribution in [0.1, 0.15) is 25.3 Å². The molecule has 1 saturated carbocycles. The molecule has 0 aliphatic heterocycles. The highest BCUT2D eigenvalue weighted by molar-refractivity contribution is 7.92. The first kappa shape index (κ1) is 13.6. The molecule has 1 unspecified atom stereocenters. The lowest BCUT2D eigenvalue weighted by atomic mass is 9.89. The Morgan fingerprint density at radius 2 is 1.95 bits per heavy atom. The van der Waals surface area contributed by atoms with Crippen LogP contribution in [0.5, 0.6) is 0 Å². The molecule has 106 valence electrons. The van der Waals surface area contributed by atoms with Crippen LogP contribution in [0.15, 0.2) is 53.5 Å². The van der Waals surface area contributed by atoms with E-state index in [1.165, 1.54) is 0 Å². The zero-order chi connectivity index (χ0) is 14.5. The first-order valence-corrected chi connectivity index (χ1v) is 8.57. The summed E-state index contributed by atoms with van der Waals surface area (Å²) in [6.45, 7) is 8.05. The van der Waals surface area contributed by atoms with E-state index in [2.05, 4.69) is 12.7 Å². The van der Waals surface area contributed by atoms with Gasteiger partial charge in [0.2, 0.25) is 0 Å². The number of sulfone groups is 1. The Balaban J connectivity index is 1.90. The third kappa shape index (κ3) is 1.96. The summed E-state index contributed by atoms with van der Waals surface area (Å²) in [5.41, 5.74) is 2.33. The van der Waals surface area contributed by atoms with Gasteiger partial charge in [0.25, 0.3) is 0 Å². The predicted octanol–water partition coefficient (Wildman–Crippen LogP) is 3.68. The van der Waals surface area contributed by atoms with Crippen LogP contribution in [0.25, 0.3) is 0 Å². The van der Waals surface area contributed by atoms with Gasteiger partial charge in [0.1, 0.15) is 0 Å². The minimum atomic E-state index is -3.25. The molecule has 3 heteroatoms. The van der Waals surface area contributed by atoms with E-state index in [-0.39, 0.29) is 10.7 Å². The fraction of sp³-hybridized carbons (Fsp3) is 0.412. The summed E-state index contributed by atoms with van der Waals surface area (Å²) in [6, 6.07) is 7.14. The molecule has 20 heavy (non-hydrogen) atoms. The monoisotopic (exact) mass is 288 g/mol. The zero-order valence-electron chi connectivity index (χ0n) is 12.0. The summed E-state index contributed by atoms with van der Waals surface area (Å²) >= 11 is 0. The number of rotatable bonds is 3. The first-order valence-electron chi connectivity index (χ1n) is 7.02. The number of hydrogen-bond donors (Lipinski definition) is 0. The molecule has 1 aromatic carbocycles. The van der Waals surface area contributed by atoms with Gasteiger partial charge in [-0.25, -0.2) is 8.42 Å². The Kier molecular flexibility index (Phi) is 2.94. The highest BCUT2D eigenvalue weighted by Crippen LogP contribution is 2.63. The second kappa shape index (κ2) is 4.32. The first-order chi connectivity index (χ1) is 9.36. The second-order valence-electron chi connectivity index (χ2n) is 6.21. The van der Waals surface area contributed by atoms with Crippen LogP contribution in [-0.2, 0) is 9.84 Å². The van der Waals surface area contributed by atoms with Crippen molar-refractivity contribution in [1.82, 2.24) is 0 Å². The van der Waals surface area contributed by atoms with Crippen LogP contribution < -0.4 is 0 Å². The standard InChI is InChI=1S/C17H20O2S/c1-12(2)17-9-8-16(10-14(17)11-17)20(18,19)15-6-4-13(3)5-7-15/h4-9,14,16H,1,10-11H2,2-3H3/t14-,16?,17+/m1/s1. The molecule has 0 heterocycles. The maximum atomic E-state index is 12.7. The van der Waals surface area contributed by atoms with E-state index in [0.29, 0.717) is 10.8 Å². The minimum Gasteiger partial charge on any atom is -0.223 e. The van der Waals surface area contributed by atoms with Crippen LogP contribution in [-0.4, -0.2) is 13.7 Å². The van der Waals surface area contributed by atoms with E-state index >= 15 is 0 Å². The van der Waals surface area contributed by atoms with Crippen molar-refractivity contribution in [2.24, 2.45) is 11.3 Å². The number of aryl methyl sites for hydroxylation is 1. The molecule has 0 bridgehead atoms. The highest BCUT2D eigenvalue weighted by atomic mass is 32.2. The Morgan fingerprint density at radius 1 is 1.30 bits per heavy atom. The molecule has 2 nitrogen and oxygen atoms in total. The van der Waals surface area contributed by atoms with Crippen molar-refractivity contribution >= 4 is 9.84 Å². The lowest BCUT2D eigenvalue weighted by molar-refractivity contribution is 0.549. The molecule has 0 aromatic heterocycles. The van der Waals surface area contributed by atoms with Gasteiger partial charge in [-0.1, -0.05) is 42.0 Å². The molecule has 0 radical (unpaired) electrons. The molecule has 2 aliphatic rings. The maximum absolute atomic E-state index is 12.7. The topological polar surface area (TPSA) is 34.1 Å². The largest absolute Gasteiger partial charge is 0.223 e. The van der Waals surface area contributed by atoms with E-state index in [4.69, 9.17) is 0 Å². The molecular formula is C17H20O2S. The summed E-state index contributed by atoms with van der Waals surface area (Å²) in [6.07, 6.45) is 5.74. The van der Waals surface area contributed by atoms with Crippen molar-refractivity contribution in [3.8, 4) is 0 Å². The van der Waals surface area contributed by atoms with Gasteiger partial charge in [-0.15, -0.1) is 0 Å². The molecule has 2 aliphatic carbocycles. The van der Waals surface area contributed by atoms with Crippen molar-refractivity contribution in [1.29, 1.82) is 0 Å². The average Bonchev–Trinajstić information content (AvgIpc) is 3.14. The van der Waals surface area contributed by atoms with E-state index in [0.717, 1.165) is 24.0 Å². The fourth-order valence-corrected chi connectivity index (χ4v) is 4.92. The highest BCUT2D eigenvalue weighted by Gasteiger charge is 2.56. The zero-order valence-corrected chi connectivity index (χ0v) is 12.8. The second-order valence-corrected chi connectivity index (χ2v) is 8.38. The van der Waals surface area contributed by atoms with Crippen molar-refractivity contribution in [2.45, 2.75) is 36.8 Å². The molecule has 3 atom stereocenters. The van der Waals surface area contributed by atoms with E-state index in [9.17, 15) is 8.42 Å². The summed E-state index contributed by atoms with van der Waals surface area (Å²) in [4.78, 5) is 0.432. The van der Waals surface area contributed by atoms with Crippen LogP contribution in [0.3, 0.4) is 0 Å². The predicted molar refractivity (Wildman–Crippen MR) is 81.3 cm³/mol. The van der Waals surface area contributed by atoms with E-state index < -0.39 is 9.84 Å². The lowest BCUT2D eigenvalue weighted by Gasteiger charge is -2.23. The normalized spacial score (nSPS) is 31.7. The van der Waals surface area contributed by atoms with Crippen LogP contribution in [0.2, 0.25) is 0 Å². The Hall–Kier alpha value is -1.35. The smallest absolute Gasteiger partial charge is 0.184 e. The maximum Gasteiger partial charge on any atom is 0.184 e. The SMILES string of the molecule is C=C(C)[C@@]12C=CC(S(=O)(=O)c3ccc(C)cc3)C[C@@H]1C2. The third-order valence-corrected chi connectivity index (χ3v) is 6.90. The molecule has 0 N–H and O–H groups in total. The van der Waals surface area contributed by atoms with Gasteiger partial charge in [-0.3, -0.25) is 0 Å². The van der Waals surface area contributed by atoms with Crippen LogP contribution in [0, 0.1) is 18.3 Å². The van der Waals surface area contributed by atoms with Crippen molar-refractivity contribution in [2.75, 3.05) is 0 Å². The quantitative estimate of drug-likeness (QED) is 0.795. The van der Waals surface area contributed by atoms with Gasteiger partial charge < -0.3 is 0 Å². The Labute approximate surface area is 121 Å². The summed E-state index contributed by atoms with van der Waals surface area (Å²) < 4.78 is 25.3. The number of hydrogen-bond acceptors (Lipinski definition) is 2. The van der Waals surface area contributed by atoms with Crippen molar-refractivity contribution in [3.63, 3.8) is 0 Å². The van der Waals surface area contributed by atoms with E-state index in [1.807, 2.05) is 32.1 Å². The lowest BCUT2D eigenvalue weighted by Crippen LogP contribution is -2.24. The molecule has 0 amide bonds. The van der Waals surface area contributed by atoms with E-state index in [1.54, 1.807) is 12.1 Å². The molecule has 0 spiro atoms. The Morgan fingerprint density at radius 3 is 2.50 bits per heavy atom. The van der Waals surface area contributed by atoms with Gasteiger partial charge in [-0.2, -0.15) is 0 Å². The number of benzene rings is 1. The molecule has 1 fully saturated rings. The Bertz CT molecular complexity index is 682. The van der Waals surface area contributed by atoms with Crippen molar-refractivity contribution in [3.05, 3.63) is 54.1 Å². The fourth-order valence-electron chi connectivity index (χ4n) is 3.28. The summed E-state index contributed by atoms with van der Waals surface area (Å²) in [5.74, 6) is 0.454. The molecular weight excluding hydrogens is 268 g/mol. The molecule has 0 saturated heterocycles. The molecule has 3 rings (SSSR count). The van der Waals surface area contributed by atoms with Gasteiger partial charge in [0, 0.05) is 5.41 Å². The summed E-state index contributed by atoms with van der Waals surface area (Å²) in [7, 11) is -3.25.